The number of nitrogens with zero attached hydrogens (tertiary/aromatic N) is 1. The van der Waals surface area contributed by atoms with E-state index in [2.05, 4.69) is 30.1 Å². The zero-order valence-electron chi connectivity index (χ0n) is 13.3. The maximum atomic E-state index is 11.6. The molecule has 120 valence electrons. The second kappa shape index (κ2) is 6.50. The quantitative estimate of drug-likeness (QED) is 0.896. The van der Waals surface area contributed by atoms with E-state index in [0.717, 1.165) is 30.2 Å². The second-order valence-electron chi connectivity index (χ2n) is 6.26. The monoisotopic (exact) mass is 314 g/mol. The number of rotatable bonds is 5. The topological polar surface area (TPSA) is 62.6 Å². The zero-order valence-corrected chi connectivity index (χ0v) is 14.2. The normalized spacial score (nSPS) is 22.8. The first kappa shape index (κ1) is 16.5. The van der Waals surface area contributed by atoms with E-state index in [-0.39, 0.29) is 17.5 Å². The van der Waals surface area contributed by atoms with Crippen LogP contribution in [0.15, 0.2) is 10.5 Å². The lowest BCUT2D eigenvalue weighted by atomic mass is 10.2. The van der Waals surface area contributed by atoms with Gasteiger partial charge in [0.2, 0.25) is 0 Å². The van der Waals surface area contributed by atoms with Gasteiger partial charge in [0.15, 0.2) is 9.84 Å². The van der Waals surface area contributed by atoms with E-state index >= 15 is 0 Å². The van der Waals surface area contributed by atoms with Crippen LogP contribution >= 0.6 is 0 Å². The predicted octanol–water partition coefficient (Wildman–Crippen LogP) is 1.70. The summed E-state index contributed by atoms with van der Waals surface area (Å²) in [4.78, 5) is 2.22. The van der Waals surface area contributed by atoms with E-state index < -0.39 is 9.84 Å². The van der Waals surface area contributed by atoms with Crippen molar-refractivity contribution in [2.45, 2.75) is 52.9 Å². The van der Waals surface area contributed by atoms with Crippen LogP contribution in [0.5, 0.6) is 0 Å². The molecule has 1 saturated heterocycles. The van der Waals surface area contributed by atoms with E-state index in [1.807, 2.05) is 13.8 Å². The Hall–Kier alpha value is -0.850. The van der Waals surface area contributed by atoms with Gasteiger partial charge in [0.05, 0.1) is 18.1 Å². The van der Waals surface area contributed by atoms with Gasteiger partial charge in [-0.15, -0.1) is 0 Å². The largest absolute Gasteiger partial charge is 0.465 e. The molecule has 0 spiro atoms. The summed E-state index contributed by atoms with van der Waals surface area (Å²) in [5.74, 6) is 2.38. The lowest BCUT2D eigenvalue weighted by molar-refractivity contribution is 0.217. The van der Waals surface area contributed by atoms with E-state index in [0.29, 0.717) is 12.6 Å². The van der Waals surface area contributed by atoms with Crippen LogP contribution in [0.25, 0.3) is 0 Å². The summed E-state index contributed by atoms with van der Waals surface area (Å²) in [7, 11) is -2.86. The number of hydrogen-bond acceptors (Lipinski definition) is 5. The van der Waals surface area contributed by atoms with Crippen molar-refractivity contribution in [3.05, 3.63) is 23.2 Å². The molecule has 1 aromatic heterocycles. The average molecular weight is 314 g/mol. The number of aryl methyl sites for hydroxylation is 1. The van der Waals surface area contributed by atoms with Gasteiger partial charge < -0.3 is 9.73 Å². The van der Waals surface area contributed by atoms with E-state index in [9.17, 15) is 8.42 Å². The van der Waals surface area contributed by atoms with Crippen molar-refractivity contribution in [1.82, 2.24) is 10.2 Å². The van der Waals surface area contributed by atoms with Crippen molar-refractivity contribution in [2.24, 2.45) is 0 Å². The van der Waals surface area contributed by atoms with Crippen molar-refractivity contribution < 1.29 is 12.8 Å². The van der Waals surface area contributed by atoms with Gasteiger partial charge in [0.25, 0.3) is 0 Å². The van der Waals surface area contributed by atoms with Crippen LogP contribution in [0.1, 0.15) is 37.9 Å². The molecule has 1 N–H and O–H groups in total. The van der Waals surface area contributed by atoms with Crippen LogP contribution in [0.2, 0.25) is 0 Å². The molecule has 0 bridgehead atoms. The third kappa shape index (κ3) is 4.56. The molecule has 0 radical (unpaired) electrons. The molecule has 0 aliphatic carbocycles. The smallest absolute Gasteiger partial charge is 0.153 e. The fraction of sp³-hybridized carbons (Fsp3) is 0.733. The summed E-state index contributed by atoms with van der Waals surface area (Å²) in [6, 6.07) is 2.57. The van der Waals surface area contributed by atoms with E-state index in [4.69, 9.17) is 4.42 Å². The van der Waals surface area contributed by atoms with Crippen LogP contribution in [-0.2, 0) is 22.9 Å². The van der Waals surface area contributed by atoms with Crippen molar-refractivity contribution in [3.63, 3.8) is 0 Å². The summed E-state index contributed by atoms with van der Waals surface area (Å²) < 4.78 is 29.0. The highest BCUT2D eigenvalue weighted by molar-refractivity contribution is 7.91. The number of nitrogens with one attached hydrogen (secondary N) is 1. The molecular formula is C15H26N2O3S. The Labute approximate surface area is 127 Å². The average Bonchev–Trinajstić information content (AvgIpc) is 2.70. The lowest BCUT2D eigenvalue weighted by Crippen LogP contribution is -2.46. The first-order chi connectivity index (χ1) is 9.77. The third-order valence-electron chi connectivity index (χ3n) is 3.94. The zero-order chi connectivity index (χ0) is 15.6. The fourth-order valence-corrected chi connectivity index (χ4v) is 4.25. The number of hydrogen-bond donors (Lipinski definition) is 1. The molecule has 1 atom stereocenters. The molecule has 0 amide bonds. The van der Waals surface area contributed by atoms with Gasteiger partial charge in [0.1, 0.15) is 11.5 Å². The van der Waals surface area contributed by atoms with Gasteiger partial charge in [0, 0.05) is 30.7 Å². The molecule has 1 aromatic rings. The highest BCUT2D eigenvalue weighted by Crippen LogP contribution is 2.20. The maximum Gasteiger partial charge on any atom is 0.153 e. The van der Waals surface area contributed by atoms with Crippen molar-refractivity contribution >= 4 is 9.84 Å². The van der Waals surface area contributed by atoms with Gasteiger partial charge >= 0.3 is 0 Å². The summed E-state index contributed by atoms with van der Waals surface area (Å²) in [5, 5.41) is 3.34. The minimum absolute atomic E-state index is 0.0651. The van der Waals surface area contributed by atoms with Crippen LogP contribution in [-0.4, -0.2) is 43.5 Å². The minimum atomic E-state index is -2.86. The van der Waals surface area contributed by atoms with Crippen LogP contribution < -0.4 is 5.32 Å². The Balaban J connectivity index is 2.00. The van der Waals surface area contributed by atoms with Crippen LogP contribution in [0, 0.1) is 6.92 Å². The van der Waals surface area contributed by atoms with Crippen molar-refractivity contribution in [2.75, 3.05) is 18.1 Å². The van der Waals surface area contributed by atoms with Crippen molar-refractivity contribution in [3.8, 4) is 0 Å². The molecule has 1 aliphatic rings. The third-order valence-corrected chi connectivity index (χ3v) is 5.73. The molecule has 1 unspecified atom stereocenters. The Bertz CT molecular complexity index is 578. The Kier molecular flexibility index (Phi) is 5.11. The maximum absolute atomic E-state index is 11.6. The summed E-state index contributed by atoms with van der Waals surface area (Å²) in [5.41, 5.74) is 1.15. The molecule has 2 heterocycles. The number of sulfone groups is 1. The second-order valence-corrected chi connectivity index (χ2v) is 8.49. The summed E-state index contributed by atoms with van der Waals surface area (Å²) >= 11 is 0. The standard InChI is InChI=1S/C15H26N2O3S/c1-11(2)16-8-15-7-14(13(4)20-15)9-17-5-6-21(18,19)10-12(17)3/h7,11-12,16H,5-6,8-10H2,1-4H3. The molecule has 0 saturated carbocycles. The lowest BCUT2D eigenvalue weighted by Gasteiger charge is -2.32. The van der Waals surface area contributed by atoms with Crippen LogP contribution in [0.4, 0.5) is 0 Å². The Morgan fingerprint density at radius 2 is 2.19 bits per heavy atom. The molecule has 0 aromatic carbocycles. The summed E-state index contributed by atoms with van der Waals surface area (Å²) in [6.45, 7) is 10.2. The van der Waals surface area contributed by atoms with E-state index in [1.165, 1.54) is 0 Å². The minimum Gasteiger partial charge on any atom is -0.465 e. The molecule has 1 aliphatic heterocycles. The Morgan fingerprint density at radius 1 is 1.48 bits per heavy atom. The van der Waals surface area contributed by atoms with E-state index in [1.54, 1.807) is 0 Å². The van der Waals surface area contributed by atoms with Crippen molar-refractivity contribution in [1.29, 1.82) is 0 Å². The van der Waals surface area contributed by atoms with Gasteiger partial charge in [-0.25, -0.2) is 8.42 Å². The predicted molar refractivity (Wildman–Crippen MR) is 83.9 cm³/mol. The number of furan rings is 1. The first-order valence-electron chi connectivity index (χ1n) is 7.53. The van der Waals surface area contributed by atoms with Gasteiger partial charge in [-0.3, -0.25) is 4.90 Å². The Morgan fingerprint density at radius 3 is 2.81 bits per heavy atom. The van der Waals surface area contributed by atoms with Gasteiger partial charge in [-0.1, -0.05) is 13.8 Å². The van der Waals surface area contributed by atoms with Gasteiger partial charge in [-0.2, -0.15) is 0 Å². The highest BCUT2D eigenvalue weighted by atomic mass is 32.2. The molecule has 6 heteroatoms. The van der Waals surface area contributed by atoms with Crippen LogP contribution in [0.3, 0.4) is 0 Å². The SMILES string of the molecule is Cc1oc(CNC(C)C)cc1CN1CCS(=O)(=O)CC1C. The highest BCUT2D eigenvalue weighted by Gasteiger charge is 2.28. The first-order valence-corrected chi connectivity index (χ1v) is 9.35. The molecule has 1 fully saturated rings. The molecule has 2 rings (SSSR count). The fourth-order valence-electron chi connectivity index (χ4n) is 2.62. The molecule has 21 heavy (non-hydrogen) atoms. The molecular weight excluding hydrogens is 288 g/mol. The van der Waals surface area contributed by atoms with Gasteiger partial charge in [-0.05, 0) is 19.9 Å². The summed E-state index contributed by atoms with van der Waals surface area (Å²) in [6.07, 6.45) is 0. The molecule has 5 nitrogen and oxygen atoms in total.